The molecule has 31 heavy (non-hydrogen) atoms. The lowest BCUT2D eigenvalue weighted by Gasteiger charge is -2.51. The molecule has 172 valence electrons. The van der Waals surface area contributed by atoms with Gasteiger partial charge in [-0.1, -0.05) is 6.92 Å². The van der Waals surface area contributed by atoms with Crippen LogP contribution >= 0.6 is 0 Å². The molecule has 3 aliphatic carbocycles. The molecule has 5 atom stereocenters. The minimum Gasteiger partial charge on any atom is -0.490 e. The van der Waals surface area contributed by atoms with Gasteiger partial charge in [0.15, 0.2) is 11.5 Å². The van der Waals surface area contributed by atoms with Gasteiger partial charge in [-0.3, -0.25) is 4.79 Å². The van der Waals surface area contributed by atoms with Gasteiger partial charge in [-0.25, -0.2) is 4.72 Å². The third-order valence-electron chi connectivity index (χ3n) is 7.89. The Balaban J connectivity index is 1.67. The average molecular weight is 452 g/mol. The number of aliphatic hydroxyl groups excluding tert-OH is 1. The van der Waals surface area contributed by atoms with E-state index in [4.69, 9.17) is 8.92 Å². The Morgan fingerprint density at radius 1 is 1.19 bits per heavy atom. The molecule has 0 saturated heterocycles. The Morgan fingerprint density at radius 2 is 1.97 bits per heavy atom. The van der Waals surface area contributed by atoms with Crippen LogP contribution < -0.4 is 13.6 Å². The van der Waals surface area contributed by atoms with Crippen LogP contribution in [0.15, 0.2) is 12.1 Å². The molecule has 3 unspecified atom stereocenters. The second-order valence-electron chi connectivity index (χ2n) is 9.26. The summed E-state index contributed by atoms with van der Waals surface area (Å²) in [5, 5.41) is 10.8. The molecule has 0 bridgehead atoms. The number of hydrogen-bond donors (Lipinski definition) is 2. The van der Waals surface area contributed by atoms with Crippen molar-refractivity contribution in [2.45, 2.75) is 77.7 Å². The molecule has 3 aliphatic rings. The minimum absolute atomic E-state index is 0.0525. The quantitative estimate of drug-likeness (QED) is 0.687. The lowest BCUT2D eigenvalue weighted by molar-refractivity contribution is -0.117. The molecule has 2 fully saturated rings. The largest absolute Gasteiger partial charge is 0.490 e. The van der Waals surface area contributed by atoms with E-state index in [0.29, 0.717) is 30.1 Å². The number of rotatable bonds is 6. The van der Waals surface area contributed by atoms with Gasteiger partial charge in [0.1, 0.15) is 0 Å². The van der Waals surface area contributed by atoms with Crippen molar-refractivity contribution in [2.75, 3.05) is 6.61 Å². The van der Waals surface area contributed by atoms with Crippen molar-refractivity contribution in [3.05, 3.63) is 23.3 Å². The van der Waals surface area contributed by atoms with E-state index in [1.807, 2.05) is 17.7 Å². The number of ether oxygens (including phenoxy) is 1. The summed E-state index contributed by atoms with van der Waals surface area (Å²) in [7, 11) is -4.26. The summed E-state index contributed by atoms with van der Waals surface area (Å²) in [6, 6.07) is 3.71. The zero-order valence-electron chi connectivity index (χ0n) is 18.5. The molecule has 8 heteroatoms. The summed E-state index contributed by atoms with van der Waals surface area (Å²) in [6.45, 7) is 5.55. The highest BCUT2D eigenvalue weighted by molar-refractivity contribution is 7.85. The zero-order chi connectivity index (χ0) is 22.4. The van der Waals surface area contributed by atoms with Crippen LogP contribution in [0.2, 0.25) is 0 Å². The van der Waals surface area contributed by atoms with E-state index in [0.717, 1.165) is 57.4 Å². The fourth-order valence-corrected chi connectivity index (χ4v) is 7.44. The molecular weight excluding hydrogens is 418 g/mol. The Morgan fingerprint density at radius 3 is 2.65 bits per heavy atom. The maximum absolute atomic E-state index is 12.2. The van der Waals surface area contributed by atoms with Crippen LogP contribution in [0.4, 0.5) is 0 Å². The molecule has 4 rings (SSSR count). The van der Waals surface area contributed by atoms with Crippen molar-refractivity contribution < 1.29 is 27.2 Å². The second kappa shape index (κ2) is 8.28. The lowest BCUT2D eigenvalue weighted by Crippen LogP contribution is -2.45. The number of hydrogen-bond acceptors (Lipinski definition) is 6. The van der Waals surface area contributed by atoms with Crippen LogP contribution in [0.5, 0.6) is 11.5 Å². The van der Waals surface area contributed by atoms with E-state index < -0.39 is 16.2 Å². The van der Waals surface area contributed by atoms with Crippen molar-refractivity contribution in [3.8, 4) is 11.5 Å². The summed E-state index contributed by atoms with van der Waals surface area (Å²) < 4.78 is 37.1. The highest BCUT2D eigenvalue weighted by Gasteiger charge is 2.56. The van der Waals surface area contributed by atoms with E-state index in [2.05, 4.69) is 6.92 Å². The van der Waals surface area contributed by atoms with Crippen LogP contribution in [0, 0.1) is 17.3 Å². The number of carbonyl (C=O) groups excluding carboxylic acids is 1. The molecule has 1 amide bonds. The lowest BCUT2D eigenvalue weighted by atomic mass is 9.54. The van der Waals surface area contributed by atoms with Crippen molar-refractivity contribution >= 4 is 16.2 Å². The molecule has 0 aliphatic heterocycles. The third kappa shape index (κ3) is 3.93. The van der Waals surface area contributed by atoms with Gasteiger partial charge in [-0.05, 0) is 98.3 Å². The highest BCUT2D eigenvalue weighted by atomic mass is 32.2. The van der Waals surface area contributed by atoms with E-state index >= 15 is 0 Å². The Hall–Kier alpha value is -1.80. The number of fused-ring (bicyclic) bond motifs is 5. The van der Waals surface area contributed by atoms with Gasteiger partial charge >= 0.3 is 10.3 Å². The molecule has 1 aromatic rings. The number of benzene rings is 1. The second-order valence-corrected chi connectivity index (χ2v) is 10.5. The summed E-state index contributed by atoms with van der Waals surface area (Å²) in [5.41, 5.74) is 2.35. The van der Waals surface area contributed by atoms with E-state index in [1.165, 1.54) is 5.56 Å². The first-order chi connectivity index (χ1) is 14.7. The van der Waals surface area contributed by atoms with Gasteiger partial charge in [0.25, 0.3) is 0 Å². The zero-order valence-corrected chi connectivity index (χ0v) is 19.3. The maximum atomic E-state index is 12.2. The van der Waals surface area contributed by atoms with Crippen LogP contribution in [-0.2, 0) is 21.5 Å². The van der Waals surface area contributed by atoms with Crippen molar-refractivity contribution in [3.63, 3.8) is 0 Å². The number of nitrogens with one attached hydrogen (secondary N) is 1. The smallest absolute Gasteiger partial charge is 0.409 e. The molecule has 0 radical (unpaired) electrons. The maximum Gasteiger partial charge on any atom is 0.409 e. The topological polar surface area (TPSA) is 102 Å². The van der Waals surface area contributed by atoms with Gasteiger partial charge in [0.2, 0.25) is 5.91 Å². The highest BCUT2D eigenvalue weighted by Crippen LogP contribution is 2.62. The summed E-state index contributed by atoms with van der Waals surface area (Å²) >= 11 is 0. The summed E-state index contributed by atoms with van der Waals surface area (Å²) in [5.74, 6) is 1.24. The van der Waals surface area contributed by atoms with Crippen molar-refractivity contribution in [1.29, 1.82) is 0 Å². The molecule has 7 nitrogen and oxygen atoms in total. The Kier molecular flexibility index (Phi) is 5.98. The normalized spacial score (nSPS) is 31.9. The molecule has 0 aromatic heterocycles. The first-order valence-corrected chi connectivity index (χ1v) is 12.8. The van der Waals surface area contributed by atoms with E-state index in [1.54, 1.807) is 6.07 Å². The van der Waals surface area contributed by atoms with Crippen LogP contribution in [-0.4, -0.2) is 32.1 Å². The molecule has 0 heterocycles. The summed E-state index contributed by atoms with van der Waals surface area (Å²) in [4.78, 5) is 11.2. The number of carbonyl (C=O) groups is 1. The van der Waals surface area contributed by atoms with Crippen LogP contribution in [0.25, 0.3) is 0 Å². The Labute approximate surface area is 184 Å². The summed E-state index contributed by atoms with van der Waals surface area (Å²) in [6.07, 6.45) is 6.72. The first kappa shape index (κ1) is 22.4. The van der Waals surface area contributed by atoms with Gasteiger partial charge in [0.05, 0.1) is 12.7 Å². The third-order valence-corrected chi connectivity index (χ3v) is 8.82. The first-order valence-electron chi connectivity index (χ1n) is 11.4. The molecule has 1 aromatic carbocycles. The van der Waals surface area contributed by atoms with Crippen molar-refractivity contribution in [2.24, 2.45) is 17.3 Å². The van der Waals surface area contributed by atoms with Crippen LogP contribution in [0.3, 0.4) is 0 Å². The molecule has 2 N–H and O–H groups in total. The average Bonchev–Trinajstić information content (AvgIpc) is 3.04. The van der Waals surface area contributed by atoms with E-state index in [9.17, 15) is 18.3 Å². The SMILES string of the molecule is CCOc1cc2c(cc1OS(=O)(=O)NC(C)=O)CCC1C2CC[C@@]2(CC)C1CC[C@@H]2O. The standard InChI is InChI=1S/C23H33NO6S/c1-4-23-11-10-16-17(19(23)8-9-22(23)26)7-6-15-12-21(20(29-5-2)13-18(15)16)30-31(27,28)24-14(3)25/h12-13,16-17,19,22,26H,4-11H2,1-3H3,(H,24,25)/t16?,17?,19?,22-,23-/m0/s1. The number of aliphatic hydroxyl groups is 1. The van der Waals surface area contributed by atoms with Gasteiger partial charge in [-0.15, -0.1) is 0 Å². The van der Waals surface area contributed by atoms with E-state index in [-0.39, 0.29) is 17.3 Å². The number of amides is 1. The van der Waals surface area contributed by atoms with Gasteiger partial charge in [0, 0.05) is 6.92 Å². The van der Waals surface area contributed by atoms with Crippen LogP contribution in [0.1, 0.15) is 76.3 Å². The Bertz CT molecular complexity index is 961. The predicted octanol–water partition coefficient (Wildman–Crippen LogP) is 3.45. The predicted molar refractivity (Wildman–Crippen MR) is 116 cm³/mol. The number of aryl methyl sites for hydroxylation is 1. The fourth-order valence-electron chi connectivity index (χ4n) is 6.68. The van der Waals surface area contributed by atoms with Crippen molar-refractivity contribution in [1.82, 2.24) is 4.72 Å². The molecule has 2 saturated carbocycles. The fraction of sp³-hybridized carbons (Fsp3) is 0.696. The van der Waals surface area contributed by atoms with Gasteiger partial charge in [-0.2, -0.15) is 8.42 Å². The molecule has 0 spiro atoms. The minimum atomic E-state index is -4.26. The van der Waals surface area contributed by atoms with Gasteiger partial charge < -0.3 is 14.0 Å². The monoisotopic (exact) mass is 451 g/mol. The molecular formula is C23H33NO6S.